The molecule has 2 aliphatic heterocycles. The highest BCUT2D eigenvalue weighted by molar-refractivity contribution is 5.70. The van der Waals surface area contributed by atoms with Gasteiger partial charge in [-0.2, -0.15) is 13.2 Å². The van der Waals surface area contributed by atoms with Crippen molar-refractivity contribution in [3.63, 3.8) is 0 Å². The highest BCUT2D eigenvalue weighted by Crippen LogP contribution is 2.42. The number of fused-ring (bicyclic) bond motifs is 2. The Morgan fingerprint density at radius 2 is 1.86 bits per heavy atom. The van der Waals surface area contributed by atoms with E-state index in [-0.39, 0.29) is 24.9 Å². The molecule has 2 atom stereocenters. The number of carbonyl (C=O) groups excluding carboxylic acids is 1. The van der Waals surface area contributed by atoms with E-state index in [2.05, 4.69) is 11.8 Å². The second kappa shape index (κ2) is 7.00. The molecule has 1 aromatic carbocycles. The van der Waals surface area contributed by atoms with Gasteiger partial charge in [-0.15, -0.1) is 0 Å². The lowest BCUT2D eigenvalue weighted by Gasteiger charge is -2.42. The third kappa shape index (κ3) is 4.12. The summed E-state index contributed by atoms with van der Waals surface area (Å²) in [5.74, 6) is 5.90. The van der Waals surface area contributed by atoms with Crippen molar-refractivity contribution < 1.29 is 27.8 Å². The monoisotopic (exact) mass is 395 g/mol. The van der Waals surface area contributed by atoms with Crippen LogP contribution in [0.3, 0.4) is 0 Å². The van der Waals surface area contributed by atoms with E-state index in [0.29, 0.717) is 12.8 Å². The van der Waals surface area contributed by atoms with Crippen molar-refractivity contribution in [3.8, 4) is 11.8 Å². The molecule has 0 aromatic heterocycles. The van der Waals surface area contributed by atoms with Crippen molar-refractivity contribution in [2.75, 3.05) is 0 Å². The molecule has 4 nitrogen and oxygen atoms in total. The molecule has 2 unspecified atom stereocenters. The molecule has 0 aliphatic carbocycles. The predicted octanol–water partition coefficient (Wildman–Crippen LogP) is 4.18. The zero-order valence-electron chi connectivity index (χ0n) is 16.1. The van der Waals surface area contributed by atoms with Gasteiger partial charge in [-0.1, -0.05) is 24.0 Å². The number of hydrogen-bond acceptors (Lipinski definition) is 3. The van der Waals surface area contributed by atoms with Crippen LogP contribution in [0.2, 0.25) is 0 Å². The van der Waals surface area contributed by atoms with Crippen LogP contribution in [0.4, 0.5) is 18.0 Å². The molecule has 1 N–H and O–H groups in total. The van der Waals surface area contributed by atoms with Crippen LogP contribution in [-0.4, -0.2) is 45.6 Å². The first kappa shape index (κ1) is 20.5. The highest BCUT2D eigenvalue weighted by Gasteiger charge is 2.54. The number of piperidine rings is 1. The van der Waals surface area contributed by atoms with E-state index in [1.807, 2.05) is 31.2 Å². The molecule has 2 heterocycles. The van der Waals surface area contributed by atoms with Gasteiger partial charge in [0.1, 0.15) is 5.60 Å². The first-order valence-electron chi connectivity index (χ1n) is 9.30. The molecule has 0 saturated carbocycles. The van der Waals surface area contributed by atoms with Crippen LogP contribution in [0.1, 0.15) is 50.7 Å². The minimum absolute atomic E-state index is 0.198. The van der Waals surface area contributed by atoms with Gasteiger partial charge >= 0.3 is 12.3 Å². The summed E-state index contributed by atoms with van der Waals surface area (Å²) < 4.78 is 43.9. The predicted molar refractivity (Wildman–Crippen MR) is 97.5 cm³/mol. The van der Waals surface area contributed by atoms with E-state index in [0.717, 1.165) is 25.0 Å². The summed E-state index contributed by atoms with van der Waals surface area (Å²) in [4.78, 5) is 13.8. The molecular weight excluding hydrogens is 371 g/mol. The van der Waals surface area contributed by atoms with Crippen LogP contribution in [-0.2, 0) is 4.74 Å². The number of aliphatic hydroxyl groups is 1. The van der Waals surface area contributed by atoms with Crippen LogP contribution in [0, 0.1) is 18.8 Å². The van der Waals surface area contributed by atoms with Gasteiger partial charge in [0.15, 0.2) is 0 Å². The minimum Gasteiger partial charge on any atom is -0.434 e. The number of alkyl halides is 3. The number of amides is 1. The lowest BCUT2D eigenvalue weighted by atomic mass is 9.86. The molecule has 28 heavy (non-hydrogen) atoms. The fourth-order valence-electron chi connectivity index (χ4n) is 3.87. The molecule has 152 valence electrons. The summed E-state index contributed by atoms with van der Waals surface area (Å²) in [5, 5.41) is 10.9. The van der Waals surface area contributed by atoms with Crippen molar-refractivity contribution in [1.82, 2.24) is 4.90 Å². The number of halogens is 3. The number of nitrogens with zero attached hydrogens (tertiary/aromatic N) is 1. The van der Waals surface area contributed by atoms with Crippen molar-refractivity contribution in [2.24, 2.45) is 0 Å². The van der Waals surface area contributed by atoms with Gasteiger partial charge in [-0.25, -0.2) is 4.79 Å². The maximum atomic E-state index is 13.0. The largest absolute Gasteiger partial charge is 0.434 e. The summed E-state index contributed by atoms with van der Waals surface area (Å²) in [6, 6.07) is 6.83. The smallest absolute Gasteiger partial charge is 0.427 e. The molecular formula is C21H24F3NO3. The lowest BCUT2D eigenvalue weighted by Crippen LogP contribution is -2.55. The van der Waals surface area contributed by atoms with Crippen LogP contribution in [0.15, 0.2) is 24.3 Å². The zero-order valence-corrected chi connectivity index (χ0v) is 16.1. The Morgan fingerprint density at radius 1 is 1.25 bits per heavy atom. The molecule has 0 spiro atoms. The van der Waals surface area contributed by atoms with E-state index < -0.39 is 23.5 Å². The molecule has 3 rings (SSSR count). The van der Waals surface area contributed by atoms with Gasteiger partial charge in [0.05, 0.1) is 0 Å². The summed E-state index contributed by atoms with van der Waals surface area (Å²) in [6.07, 6.45) is -4.02. The Morgan fingerprint density at radius 3 is 2.39 bits per heavy atom. The minimum atomic E-state index is -4.66. The Balaban J connectivity index is 1.73. The fraction of sp³-hybridized carbons (Fsp3) is 0.571. The molecule has 1 amide bonds. The Labute approximate surface area is 162 Å². The fourth-order valence-corrected chi connectivity index (χ4v) is 3.87. The standard InChI is InChI=1S/C21H24F3NO3/c1-14-5-4-6-15(11-14)9-10-20(27)12-16-7-8-17(13-20)25(16)18(26)28-19(2,3)21(22,23)24/h4-6,11,16-17,27H,7-8,12-13H2,1-3H3. The van der Waals surface area contributed by atoms with Crippen LogP contribution >= 0.6 is 0 Å². The van der Waals surface area contributed by atoms with Gasteiger partial charge in [0, 0.05) is 30.5 Å². The second-order valence-corrected chi connectivity index (χ2v) is 8.23. The molecule has 2 saturated heterocycles. The second-order valence-electron chi connectivity index (χ2n) is 8.23. The molecule has 2 fully saturated rings. The van der Waals surface area contributed by atoms with Crippen LogP contribution in [0.5, 0.6) is 0 Å². The van der Waals surface area contributed by atoms with Crippen molar-refractivity contribution in [1.29, 1.82) is 0 Å². The van der Waals surface area contributed by atoms with Gasteiger partial charge in [-0.05, 0) is 51.3 Å². The summed E-state index contributed by atoms with van der Waals surface area (Å²) in [7, 11) is 0. The molecule has 2 bridgehead atoms. The van der Waals surface area contributed by atoms with Crippen LogP contribution in [0.25, 0.3) is 0 Å². The maximum Gasteiger partial charge on any atom is 0.427 e. The van der Waals surface area contributed by atoms with Crippen molar-refractivity contribution >= 4 is 6.09 Å². The average Bonchev–Trinajstić information content (AvgIpc) is 2.85. The van der Waals surface area contributed by atoms with E-state index >= 15 is 0 Å². The van der Waals surface area contributed by atoms with Crippen molar-refractivity contribution in [3.05, 3.63) is 35.4 Å². The first-order chi connectivity index (χ1) is 12.9. The van der Waals surface area contributed by atoms with Gasteiger partial charge < -0.3 is 14.7 Å². The summed E-state index contributed by atoms with van der Waals surface area (Å²) in [6.45, 7) is 3.62. The van der Waals surface area contributed by atoms with Gasteiger partial charge in [0.25, 0.3) is 0 Å². The topological polar surface area (TPSA) is 49.8 Å². The Hall–Kier alpha value is -2.20. The third-order valence-corrected chi connectivity index (χ3v) is 5.46. The Bertz CT molecular complexity index is 808. The highest BCUT2D eigenvalue weighted by atomic mass is 19.4. The van der Waals surface area contributed by atoms with Crippen LogP contribution < -0.4 is 0 Å². The number of benzene rings is 1. The number of carbonyl (C=O) groups is 1. The Kier molecular flexibility index (Phi) is 5.13. The number of rotatable bonds is 1. The SMILES string of the molecule is Cc1cccc(C#CC2(O)CC3CCC(C2)N3C(=O)OC(C)(C)C(F)(F)F)c1. The molecule has 2 aliphatic rings. The van der Waals surface area contributed by atoms with Crippen molar-refractivity contribution in [2.45, 2.75) is 75.9 Å². The first-order valence-corrected chi connectivity index (χ1v) is 9.30. The zero-order chi connectivity index (χ0) is 20.7. The number of ether oxygens (including phenoxy) is 1. The van der Waals surface area contributed by atoms with E-state index in [1.54, 1.807) is 0 Å². The molecule has 7 heteroatoms. The summed E-state index contributed by atoms with van der Waals surface area (Å²) in [5.41, 5.74) is -1.99. The third-order valence-electron chi connectivity index (χ3n) is 5.46. The van der Waals surface area contributed by atoms with Gasteiger partial charge in [0.2, 0.25) is 5.60 Å². The maximum absolute atomic E-state index is 13.0. The van der Waals surface area contributed by atoms with E-state index in [4.69, 9.17) is 4.74 Å². The van der Waals surface area contributed by atoms with Gasteiger partial charge in [-0.3, -0.25) is 0 Å². The quantitative estimate of drug-likeness (QED) is 0.726. The number of hydrogen-bond donors (Lipinski definition) is 1. The lowest BCUT2D eigenvalue weighted by molar-refractivity contribution is -0.247. The van der Waals surface area contributed by atoms with E-state index in [1.165, 1.54) is 4.90 Å². The van der Waals surface area contributed by atoms with E-state index in [9.17, 15) is 23.1 Å². The summed E-state index contributed by atoms with van der Waals surface area (Å²) >= 11 is 0. The molecule has 1 aromatic rings. The average molecular weight is 395 g/mol. The normalized spacial score (nSPS) is 27.2. The number of aryl methyl sites for hydroxylation is 1. The molecule has 0 radical (unpaired) electrons.